The molecule has 1 aromatic carbocycles. The number of aromatic nitrogens is 1. The highest BCUT2D eigenvalue weighted by molar-refractivity contribution is 5.93. The smallest absolute Gasteiger partial charge is 0.416 e. The molecule has 1 saturated heterocycles. The maximum atomic E-state index is 12.6. The van der Waals surface area contributed by atoms with Crippen LogP contribution in [-0.4, -0.2) is 41.4 Å². The van der Waals surface area contributed by atoms with Crippen molar-refractivity contribution >= 4 is 17.6 Å². The fourth-order valence-corrected chi connectivity index (χ4v) is 3.23. The number of hydrogen-bond acceptors (Lipinski definition) is 4. The van der Waals surface area contributed by atoms with E-state index in [9.17, 15) is 22.8 Å². The Bertz CT molecular complexity index is 900. The van der Waals surface area contributed by atoms with Gasteiger partial charge in [-0.05, 0) is 55.7 Å². The first-order valence-corrected chi connectivity index (χ1v) is 9.54. The van der Waals surface area contributed by atoms with Gasteiger partial charge in [0.05, 0.1) is 11.5 Å². The van der Waals surface area contributed by atoms with Gasteiger partial charge in [-0.2, -0.15) is 13.2 Å². The van der Waals surface area contributed by atoms with E-state index in [1.807, 2.05) is 13.0 Å². The Balaban J connectivity index is 1.52. The topological polar surface area (TPSA) is 71.5 Å². The average molecular weight is 421 g/mol. The molecule has 1 atom stereocenters. The van der Waals surface area contributed by atoms with Gasteiger partial charge in [0.2, 0.25) is 5.91 Å². The molecule has 0 aliphatic carbocycles. The van der Waals surface area contributed by atoms with Crippen LogP contribution in [0.1, 0.15) is 24.0 Å². The number of anilines is 1. The second-order valence-corrected chi connectivity index (χ2v) is 7.15. The average Bonchev–Trinajstić information content (AvgIpc) is 2.73. The van der Waals surface area contributed by atoms with Crippen molar-refractivity contribution in [3.05, 3.63) is 53.7 Å². The molecule has 0 spiro atoms. The highest BCUT2D eigenvalue weighted by Crippen LogP contribution is 2.30. The Hall–Kier alpha value is -3.10. The second kappa shape index (κ2) is 9.15. The molecule has 1 aliphatic heterocycles. The minimum Gasteiger partial charge on any atom is -0.484 e. The molecule has 2 aromatic rings. The van der Waals surface area contributed by atoms with Gasteiger partial charge in [-0.15, -0.1) is 0 Å². The van der Waals surface area contributed by atoms with Crippen LogP contribution in [0.5, 0.6) is 5.75 Å². The predicted molar refractivity (Wildman–Crippen MR) is 104 cm³/mol. The molecule has 160 valence electrons. The van der Waals surface area contributed by atoms with Crippen molar-refractivity contribution in [1.29, 1.82) is 0 Å². The molecule has 1 aromatic heterocycles. The number of amides is 2. The number of aryl methyl sites for hydroxylation is 1. The normalized spacial score (nSPS) is 16.8. The van der Waals surface area contributed by atoms with Crippen molar-refractivity contribution in [1.82, 2.24) is 9.88 Å². The lowest BCUT2D eigenvalue weighted by atomic mass is 9.97. The van der Waals surface area contributed by atoms with Gasteiger partial charge in [0.15, 0.2) is 6.61 Å². The number of nitrogens with one attached hydrogen (secondary N) is 1. The van der Waals surface area contributed by atoms with E-state index in [2.05, 4.69) is 10.3 Å². The van der Waals surface area contributed by atoms with Crippen LogP contribution < -0.4 is 10.1 Å². The number of halogens is 3. The number of benzene rings is 1. The zero-order chi connectivity index (χ0) is 21.7. The van der Waals surface area contributed by atoms with Gasteiger partial charge in [0.1, 0.15) is 11.6 Å². The van der Waals surface area contributed by atoms with Crippen LogP contribution >= 0.6 is 0 Å². The van der Waals surface area contributed by atoms with E-state index in [1.165, 1.54) is 12.1 Å². The first kappa shape index (κ1) is 21.6. The van der Waals surface area contributed by atoms with Crippen LogP contribution in [-0.2, 0) is 15.8 Å². The van der Waals surface area contributed by atoms with Gasteiger partial charge in [0.25, 0.3) is 5.91 Å². The van der Waals surface area contributed by atoms with Crippen molar-refractivity contribution in [2.45, 2.75) is 25.9 Å². The Labute approximate surface area is 172 Å². The van der Waals surface area contributed by atoms with Crippen LogP contribution in [0.2, 0.25) is 0 Å². The number of rotatable bonds is 5. The van der Waals surface area contributed by atoms with Gasteiger partial charge in [-0.25, -0.2) is 4.98 Å². The summed E-state index contributed by atoms with van der Waals surface area (Å²) >= 11 is 0. The summed E-state index contributed by atoms with van der Waals surface area (Å²) in [7, 11) is 0. The highest BCUT2D eigenvalue weighted by Gasteiger charge is 2.31. The zero-order valence-electron chi connectivity index (χ0n) is 16.4. The third kappa shape index (κ3) is 5.49. The maximum Gasteiger partial charge on any atom is 0.416 e. The van der Waals surface area contributed by atoms with Gasteiger partial charge in [0, 0.05) is 19.3 Å². The summed E-state index contributed by atoms with van der Waals surface area (Å²) < 4.78 is 43.1. The molecule has 0 bridgehead atoms. The molecule has 0 radical (unpaired) electrons. The predicted octanol–water partition coefficient (Wildman–Crippen LogP) is 3.66. The van der Waals surface area contributed by atoms with E-state index in [0.717, 1.165) is 17.7 Å². The van der Waals surface area contributed by atoms with E-state index in [1.54, 1.807) is 17.2 Å². The molecule has 2 heterocycles. The first-order chi connectivity index (χ1) is 14.2. The molecule has 30 heavy (non-hydrogen) atoms. The molecule has 6 nitrogen and oxygen atoms in total. The zero-order valence-corrected chi connectivity index (χ0v) is 16.4. The van der Waals surface area contributed by atoms with Crippen molar-refractivity contribution in [2.24, 2.45) is 5.92 Å². The monoisotopic (exact) mass is 421 g/mol. The van der Waals surface area contributed by atoms with Crippen molar-refractivity contribution in [3.63, 3.8) is 0 Å². The lowest BCUT2D eigenvalue weighted by Gasteiger charge is -2.32. The van der Waals surface area contributed by atoms with E-state index < -0.39 is 11.7 Å². The number of ether oxygens (including phenoxy) is 1. The second-order valence-electron chi connectivity index (χ2n) is 7.15. The van der Waals surface area contributed by atoms with E-state index in [0.29, 0.717) is 25.2 Å². The Kier molecular flexibility index (Phi) is 6.59. The summed E-state index contributed by atoms with van der Waals surface area (Å²) in [6.07, 6.45) is -1.50. The first-order valence-electron chi connectivity index (χ1n) is 9.54. The number of carbonyl (C=O) groups excluding carboxylic acids is 2. The summed E-state index contributed by atoms with van der Waals surface area (Å²) in [4.78, 5) is 30.7. The molecule has 1 unspecified atom stereocenters. The third-order valence-electron chi connectivity index (χ3n) is 4.94. The standard InChI is InChI=1S/C21H22F3N3O3/c1-14-4-2-10-25-19(14)26-20(29)15-5-3-11-27(12-15)18(28)13-30-17-8-6-16(7-9-17)21(22,23)24/h2,4,6-10,15H,3,5,11-13H2,1H3,(H,25,26,29). The van der Waals surface area contributed by atoms with E-state index >= 15 is 0 Å². The van der Waals surface area contributed by atoms with Crippen LogP contribution in [0.25, 0.3) is 0 Å². The third-order valence-corrected chi connectivity index (χ3v) is 4.94. The van der Waals surface area contributed by atoms with Crippen molar-refractivity contribution in [2.75, 3.05) is 25.0 Å². The summed E-state index contributed by atoms with van der Waals surface area (Å²) in [5, 5.41) is 2.80. The molecule has 3 rings (SSSR count). The summed E-state index contributed by atoms with van der Waals surface area (Å²) in [6.45, 7) is 2.30. The van der Waals surface area contributed by atoms with Crippen molar-refractivity contribution < 1.29 is 27.5 Å². The molecular formula is C21H22F3N3O3. The SMILES string of the molecule is Cc1cccnc1NC(=O)C1CCCN(C(=O)COc2ccc(C(F)(F)F)cc2)C1. The largest absolute Gasteiger partial charge is 0.484 e. The number of carbonyl (C=O) groups is 2. The lowest BCUT2D eigenvalue weighted by molar-refractivity contribution is -0.138. The minimum absolute atomic E-state index is 0.174. The Morgan fingerprint density at radius 2 is 1.97 bits per heavy atom. The minimum atomic E-state index is -4.43. The number of pyridine rings is 1. The van der Waals surface area contributed by atoms with Gasteiger partial charge >= 0.3 is 6.18 Å². The lowest BCUT2D eigenvalue weighted by Crippen LogP contribution is -2.45. The number of piperidine rings is 1. The fourth-order valence-electron chi connectivity index (χ4n) is 3.23. The van der Waals surface area contributed by atoms with Gasteiger partial charge < -0.3 is 15.0 Å². The van der Waals surface area contributed by atoms with Crippen LogP contribution in [0, 0.1) is 12.8 Å². The molecule has 1 aliphatic rings. The van der Waals surface area contributed by atoms with E-state index in [4.69, 9.17) is 4.74 Å². The summed E-state index contributed by atoms with van der Waals surface area (Å²) in [5.74, 6) is -0.209. The molecular weight excluding hydrogens is 399 g/mol. The molecule has 0 saturated carbocycles. The van der Waals surface area contributed by atoms with Crippen LogP contribution in [0.3, 0.4) is 0 Å². The number of likely N-dealkylation sites (tertiary alicyclic amines) is 1. The maximum absolute atomic E-state index is 12.6. The quantitative estimate of drug-likeness (QED) is 0.800. The summed E-state index contributed by atoms with van der Waals surface area (Å²) in [5.41, 5.74) is 0.0636. The summed E-state index contributed by atoms with van der Waals surface area (Å²) in [6, 6.07) is 7.79. The van der Waals surface area contributed by atoms with E-state index in [-0.39, 0.29) is 36.6 Å². The molecule has 1 fully saturated rings. The van der Waals surface area contributed by atoms with Crippen molar-refractivity contribution in [3.8, 4) is 5.75 Å². The highest BCUT2D eigenvalue weighted by atomic mass is 19.4. The Morgan fingerprint density at radius 3 is 2.63 bits per heavy atom. The van der Waals surface area contributed by atoms with Gasteiger partial charge in [-0.1, -0.05) is 6.07 Å². The fraction of sp³-hybridized carbons (Fsp3) is 0.381. The number of hydrogen-bond donors (Lipinski definition) is 1. The molecule has 2 amide bonds. The Morgan fingerprint density at radius 1 is 1.23 bits per heavy atom. The molecule has 1 N–H and O–H groups in total. The van der Waals surface area contributed by atoms with Gasteiger partial charge in [-0.3, -0.25) is 9.59 Å². The number of alkyl halides is 3. The van der Waals surface area contributed by atoms with Crippen LogP contribution in [0.15, 0.2) is 42.6 Å². The molecule has 9 heteroatoms. The number of nitrogens with zero attached hydrogens (tertiary/aromatic N) is 2. The van der Waals surface area contributed by atoms with Crippen LogP contribution in [0.4, 0.5) is 19.0 Å².